The molecule has 10 nitrogen and oxygen atoms in total. The second-order valence-corrected chi connectivity index (χ2v) is 12.6. The van der Waals surface area contributed by atoms with Crippen molar-refractivity contribution in [1.82, 2.24) is 30.2 Å². The van der Waals surface area contributed by atoms with E-state index in [0.29, 0.717) is 58.2 Å². The molecule has 48 heavy (non-hydrogen) atoms. The number of pyridine rings is 4. The summed E-state index contributed by atoms with van der Waals surface area (Å²) in [7, 11) is 0. The van der Waals surface area contributed by atoms with Crippen LogP contribution in [-0.2, 0) is 13.1 Å². The zero-order valence-electron chi connectivity index (χ0n) is 26.0. The number of aliphatic hydroxyl groups excluding tert-OH is 2. The van der Waals surface area contributed by atoms with E-state index in [2.05, 4.69) is 47.9 Å². The summed E-state index contributed by atoms with van der Waals surface area (Å²) in [6, 6.07) is 19.5. The molecule has 5 heterocycles. The van der Waals surface area contributed by atoms with Gasteiger partial charge in [0.05, 0.1) is 34.1 Å². The Labute approximate surface area is 287 Å². The third-order valence-corrected chi connectivity index (χ3v) is 9.19. The Kier molecular flexibility index (Phi) is 9.62. The maximum absolute atomic E-state index is 9.89. The molecule has 0 aliphatic carbocycles. The Morgan fingerprint density at radius 2 is 1.35 bits per heavy atom. The molecule has 0 unspecified atom stereocenters. The SMILES string of the molecule is OCCNCc1cnc2c(Nc3cccc(-c4cccc(Nc5nccc6cc(CN7CC[C@@H](O)C7)cnc56)c4Cl)c3Cl)nccc2c1. The van der Waals surface area contributed by atoms with E-state index in [0.717, 1.165) is 58.1 Å². The van der Waals surface area contributed by atoms with Crippen molar-refractivity contribution in [3.63, 3.8) is 0 Å². The normalized spacial score (nSPS) is 15.0. The lowest BCUT2D eigenvalue weighted by atomic mass is 10.0. The number of β-amino-alcohol motifs (C(OH)–C–C–N with tert-alkyl or cyclic N) is 1. The van der Waals surface area contributed by atoms with Crippen LogP contribution >= 0.6 is 23.2 Å². The lowest BCUT2D eigenvalue weighted by Gasteiger charge is -2.17. The number of hydrogen-bond donors (Lipinski definition) is 5. The van der Waals surface area contributed by atoms with Crippen LogP contribution in [-0.4, -0.2) is 67.4 Å². The highest BCUT2D eigenvalue weighted by Gasteiger charge is 2.21. The molecule has 0 saturated carbocycles. The molecule has 0 spiro atoms. The molecule has 1 aliphatic rings. The molecule has 0 radical (unpaired) electrons. The van der Waals surface area contributed by atoms with Gasteiger partial charge in [0.15, 0.2) is 11.6 Å². The maximum Gasteiger partial charge on any atom is 0.156 e. The third-order valence-electron chi connectivity index (χ3n) is 8.38. The average molecular weight is 682 g/mol. The number of nitrogens with zero attached hydrogens (tertiary/aromatic N) is 5. The maximum atomic E-state index is 9.89. The molecule has 5 N–H and O–H groups in total. The molecular weight excluding hydrogens is 647 g/mol. The van der Waals surface area contributed by atoms with Crippen LogP contribution in [0.3, 0.4) is 0 Å². The summed E-state index contributed by atoms with van der Waals surface area (Å²) in [5.74, 6) is 1.18. The molecule has 12 heteroatoms. The van der Waals surface area contributed by atoms with Crippen molar-refractivity contribution >= 4 is 68.0 Å². The predicted molar refractivity (Wildman–Crippen MR) is 192 cm³/mol. The van der Waals surface area contributed by atoms with E-state index in [4.69, 9.17) is 33.3 Å². The topological polar surface area (TPSA) is 131 Å². The predicted octanol–water partition coefficient (Wildman–Crippen LogP) is 6.68. The van der Waals surface area contributed by atoms with Gasteiger partial charge in [-0.15, -0.1) is 0 Å². The molecule has 6 aromatic rings. The number of aliphatic hydroxyl groups is 2. The summed E-state index contributed by atoms with van der Waals surface area (Å²) in [6.07, 6.45) is 7.70. The number of nitrogens with one attached hydrogen (secondary N) is 3. The van der Waals surface area contributed by atoms with Gasteiger partial charge in [0.25, 0.3) is 0 Å². The molecule has 1 fully saturated rings. The molecule has 1 aliphatic heterocycles. The van der Waals surface area contributed by atoms with Crippen LogP contribution in [0.1, 0.15) is 17.5 Å². The van der Waals surface area contributed by atoms with E-state index in [-0.39, 0.29) is 12.7 Å². The van der Waals surface area contributed by atoms with Gasteiger partial charge in [0.1, 0.15) is 11.0 Å². The third kappa shape index (κ3) is 6.91. The minimum absolute atomic E-state index is 0.0809. The fraction of sp³-hybridized carbons (Fsp3) is 0.222. The van der Waals surface area contributed by atoms with Crippen LogP contribution in [0.4, 0.5) is 23.0 Å². The first kappa shape index (κ1) is 32.1. The first-order valence-electron chi connectivity index (χ1n) is 15.8. The minimum atomic E-state index is -0.258. The molecule has 2 aromatic carbocycles. The van der Waals surface area contributed by atoms with E-state index in [1.807, 2.05) is 54.7 Å². The smallest absolute Gasteiger partial charge is 0.156 e. The lowest BCUT2D eigenvalue weighted by Crippen LogP contribution is -2.21. The van der Waals surface area contributed by atoms with Crippen molar-refractivity contribution in [3.05, 3.63) is 107 Å². The second-order valence-electron chi connectivity index (χ2n) is 11.8. The van der Waals surface area contributed by atoms with Crippen molar-refractivity contribution in [2.24, 2.45) is 0 Å². The molecular formula is C36H34Cl2N8O2. The standard InChI is InChI=1S/C36H34Cl2N8O2/c37-31-27(3-1-5-29(31)44-35-33-24(7-10-40-35)15-22(18-42-33)17-39-12-14-47)28-4-2-6-30(32(28)38)45-36-34-25(8-11-41-36)16-23(19-43-34)20-46-13-9-26(48)21-46/h1-8,10-11,15-16,18-19,26,39,47-48H,9,12-14,17,20-21H2,(H,40,44)(H,41,45)/t26-/m1/s1. The molecule has 0 bridgehead atoms. The van der Waals surface area contributed by atoms with Gasteiger partial charge in [-0.05, 0) is 53.9 Å². The number of anilines is 4. The molecule has 4 aromatic heterocycles. The first-order chi connectivity index (χ1) is 23.5. The first-order valence-corrected chi connectivity index (χ1v) is 16.5. The minimum Gasteiger partial charge on any atom is -0.395 e. The van der Waals surface area contributed by atoms with Gasteiger partial charge >= 0.3 is 0 Å². The molecule has 1 atom stereocenters. The Balaban J connectivity index is 1.13. The van der Waals surface area contributed by atoms with Crippen molar-refractivity contribution in [1.29, 1.82) is 0 Å². The van der Waals surface area contributed by atoms with Crippen LogP contribution in [0.15, 0.2) is 85.5 Å². The van der Waals surface area contributed by atoms with Crippen LogP contribution < -0.4 is 16.0 Å². The summed E-state index contributed by atoms with van der Waals surface area (Å²) in [6.45, 7) is 3.51. The summed E-state index contributed by atoms with van der Waals surface area (Å²) in [5.41, 5.74) is 6.38. The Morgan fingerprint density at radius 3 is 1.92 bits per heavy atom. The van der Waals surface area contributed by atoms with Crippen molar-refractivity contribution in [3.8, 4) is 11.1 Å². The zero-order valence-corrected chi connectivity index (χ0v) is 27.5. The average Bonchev–Trinajstić information content (AvgIpc) is 3.51. The van der Waals surface area contributed by atoms with E-state index < -0.39 is 0 Å². The Morgan fingerprint density at radius 1 is 0.771 bits per heavy atom. The molecule has 1 saturated heterocycles. The zero-order chi connectivity index (χ0) is 33.0. The van der Waals surface area contributed by atoms with Crippen molar-refractivity contribution in [2.75, 3.05) is 36.9 Å². The monoisotopic (exact) mass is 680 g/mol. The fourth-order valence-electron chi connectivity index (χ4n) is 6.03. The van der Waals surface area contributed by atoms with Crippen LogP contribution in [0, 0.1) is 0 Å². The van der Waals surface area contributed by atoms with Gasteiger partial charge in [-0.25, -0.2) is 9.97 Å². The summed E-state index contributed by atoms with van der Waals surface area (Å²) < 4.78 is 0. The van der Waals surface area contributed by atoms with Crippen LogP contribution in [0.2, 0.25) is 10.0 Å². The summed E-state index contributed by atoms with van der Waals surface area (Å²) in [4.78, 5) is 20.8. The van der Waals surface area contributed by atoms with Gasteiger partial charge < -0.3 is 26.2 Å². The van der Waals surface area contributed by atoms with Gasteiger partial charge in [0.2, 0.25) is 0 Å². The van der Waals surface area contributed by atoms with Crippen LogP contribution in [0.5, 0.6) is 0 Å². The fourth-order valence-corrected chi connectivity index (χ4v) is 6.58. The van der Waals surface area contributed by atoms with Gasteiger partial charge in [0, 0.05) is 79.4 Å². The number of likely N-dealkylation sites (tertiary alicyclic amines) is 1. The lowest BCUT2D eigenvalue weighted by molar-refractivity contribution is 0.175. The second kappa shape index (κ2) is 14.4. The van der Waals surface area contributed by atoms with E-state index in [1.54, 1.807) is 18.6 Å². The Bertz CT molecular complexity index is 2100. The molecule has 0 amide bonds. The number of fused-ring (bicyclic) bond motifs is 2. The van der Waals surface area contributed by atoms with Crippen molar-refractivity contribution in [2.45, 2.75) is 25.6 Å². The highest BCUT2D eigenvalue weighted by atomic mass is 35.5. The van der Waals surface area contributed by atoms with E-state index in [1.165, 1.54) is 0 Å². The number of rotatable bonds is 11. The van der Waals surface area contributed by atoms with Gasteiger partial charge in [-0.1, -0.05) is 47.5 Å². The Hall–Kier alpha value is -4.42. The highest BCUT2D eigenvalue weighted by Crippen LogP contribution is 2.42. The number of halogens is 2. The van der Waals surface area contributed by atoms with Crippen LogP contribution in [0.25, 0.3) is 32.9 Å². The van der Waals surface area contributed by atoms with Gasteiger partial charge in [-0.3, -0.25) is 14.9 Å². The number of hydrogen-bond acceptors (Lipinski definition) is 10. The largest absolute Gasteiger partial charge is 0.395 e. The molecule has 244 valence electrons. The number of aromatic nitrogens is 4. The van der Waals surface area contributed by atoms with E-state index >= 15 is 0 Å². The highest BCUT2D eigenvalue weighted by molar-refractivity contribution is 6.39. The number of benzene rings is 2. The molecule has 7 rings (SSSR count). The van der Waals surface area contributed by atoms with Crippen molar-refractivity contribution < 1.29 is 10.2 Å². The van der Waals surface area contributed by atoms with E-state index in [9.17, 15) is 5.11 Å². The summed E-state index contributed by atoms with van der Waals surface area (Å²) >= 11 is 14.1. The summed E-state index contributed by atoms with van der Waals surface area (Å²) in [5, 5.41) is 31.8. The quantitative estimate of drug-likeness (QED) is 0.0944. The van der Waals surface area contributed by atoms with Gasteiger partial charge in [-0.2, -0.15) is 0 Å².